The SMILES string of the molecule is CC.CC1Nc2c(F)cc(-c3nc(Nc4ccc5c(n4)CCN(CCN)C5)ncc3F)cc2N1C(C)(C)C. The molecular weight excluding hydrogens is 486 g/mol. The lowest BCUT2D eigenvalue weighted by molar-refractivity contribution is 0.259. The molecule has 4 heterocycles. The van der Waals surface area contributed by atoms with Crippen LogP contribution < -0.4 is 21.3 Å². The Hall–Kier alpha value is -3.37. The van der Waals surface area contributed by atoms with E-state index in [-0.39, 0.29) is 23.3 Å². The van der Waals surface area contributed by atoms with E-state index in [1.165, 1.54) is 11.6 Å². The second-order valence-corrected chi connectivity index (χ2v) is 10.3. The molecule has 10 heteroatoms. The normalized spacial score (nSPS) is 16.8. The summed E-state index contributed by atoms with van der Waals surface area (Å²) in [5, 5.41) is 6.27. The van der Waals surface area contributed by atoms with Gasteiger partial charge in [0.05, 0.1) is 23.7 Å². The first-order valence-corrected chi connectivity index (χ1v) is 13.2. The molecule has 38 heavy (non-hydrogen) atoms. The summed E-state index contributed by atoms with van der Waals surface area (Å²) in [6.45, 7) is 15.3. The van der Waals surface area contributed by atoms with Gasteiger partial charge in [-0.25, -0.2) is 23.7 Å². The zero-order chi connectivity index (χ0) is 27.6. The number of rotatable bonds is 5. The fourth-order valence-electron chi connectivity index (χ4n) is 5.15. The van der Waals surface area contributed by atoms with E-state index in [4.69, 9.17) is 10.7 Å². The van der Waals surface area contributed by atoms with Crippen molar-refractivity contribution in [1.82, 2.24) is 19.9 Å². The summed E-state index contributed by atoms with van der Waals surface area (Å²) in [5.74, 6) is -0.302. The molecule has 1 aromatic carbocycles. The smallest absolute Gasteiger partial charge is 0.229 e. The summed E-state index contributed by atoms with van der Waals surface area (Å²) in [7, 11) is 0. The standard InChI is InChI=1S/C26H32F2N8.C2H6/c1-15-31-24-18(27)11-17(12-21(24)36(15)26(2,3)4)23-19(28)13-30-25(34-23)33-22-6-5-16-14-35(10-8-29)9-7-20(16)32-22;1-2/h5-6,11-13,15,31H,7-10,14,29H2,1-4H3,(H,30,32,33,34);1-2H3. The first kappa shape index (κ1) is 27.7. The summed E-state index contributed by atoms with van der Waals surface area (Å²) >= 11 is 0. The molecule has 0 spiro atoms. The lowest BCUT2D eigenvalue weighted by atomic mass is 10.0. The van der Waals surface area contributed by atoms with E-state index < -0.39 is 11.6 Å². The second-order valence-electron chi connectivity index (χ2n) is 10.3. The Kier molecular flexibility index (Phi) is 8.13. The van der Waals surface area contributed by atoms with E-state index in [0.717, 1.165) is 37.9 Å². The molecule has 204 valence electrons. The molecule has 0 saturated heterocycles. The van der Waals surface area contributed by atoms with Gasteiger partial charge in [-0.1, -0.05) is 19.9 Å². The number of pyridine rings is 1. The average Bonchev–Trinajstić information content (AvgIpc) is 3.23. The van der Waals surface area contributed by atoms with Crippen molar-refractivity contribution in [3.05, 3.63) is 53.4 Å². The Morgan fingerprint density at radius 1 is 1.13 bits per heavy atom. The van der Waals surface area contributed by atoms with Crippen LogP contribution in [0.2, 0.25) is 0 Å². The number of halogens is 2. The molecule has 1 atom stereocenters. The number of nitrogens with two attached hydrogens (primary N) is 1. The maximum atomic E-state index is 15.1. The predicted molar refractivity (Wildman–Crippen MR) is 150 cm³/mol. The van der Waals surface area contributed by atoms with Crippen LogP contribution in [0.15, 0.2) is 30.5 Å². The van der Waals surface area contributed by atoms with E-state index in [9.17, 15) is 4.39 Å². The summed E-state index contributed by atoms with van der Waals surface area (Å²) < 4.78 is 30.0. The minimum absolute atomic E-state index is 0.0259. The highest BCUT2D eigenvalue weighted by Gasteiger charge is 2.36. The number of anilines is 4. The predicted octanol–water partition coefficient (Wildman–Crippen LogP) is 5.28. The Morgan fingerprint density at radius 3 is 2.61 bits per heavy atom. The van der Waals surface area contributed by atoms with Gasteiger partial charge in [-0.2, -0.15) is 0 Å². The van der Waals surface area contributed by atoms with Gasteiger partial charge in [0.25, 0.3) is 0 Å². The highest BCUT2D eigenvalue weighted by Crippen LogP contribution is 2.43. The zero-order valence-corrected chi connectivity index (χ0v) is 23.1. The van der Waals surface area contributed by atoms with Crippen molar-refractivity contribution in [1.29, 1.82) is 0 Å². The van der Waals surface area contributed by atoms with Gasteiger partial charge >= 0.3 is 0 Å². The van der Waals surface area contributed by atoms with Crippen LogP contribution in [-0.4, -0.2) is 51.2 Å². The van der Waals surface area contributed by atoms with E-state index >= 15 is 4.39 Å². The van der Waals surface area contributed by atoms with Crippen molar-refractivity contribution >= 4 is 23.1 Å². The topological polar surface area (TPSA) is 95.2 Å². The molecule has 0 aliphatic carbocycles. The Morgan fingerprint density at radius 2 is 1.89 bits per heavy atom. The third-order valence-corrected chi connectivity index (χ3v) is 6.62. The van der Waals surface area contributed by atoms with Gasteiger partial charge in [0.15, 0.2) is 5.82 Å². The molecule has 0 saturated carbocycles. The molecule has 4 N–H and O–H groups in total. The molecule has 0 fully saturated rings. The zero-order valence-electron chi connectivity index (χ0n) is 23.1. The van der Waals surface area contributed by atoms with Crippen LogP contribution in [-0.2, 0) is 13.0 Å². The van der Waals surface area contributed by atoms with E-state index in [1.807, 2.05) is 32.9 Å². The average molecular weight is 525 g/mol. The first-order valence-electron chi connectivity index (χ1n) is 13.2. The minimum atomic E-state index is -0.625. The summed E-state index contributed by atoms with van der Waals surface area (Å²) in [6, 6.07) is 6.98. The number of benzene rings is 1. The lowest BCUT2D eigenvalue weighted by Crippen LogP contribution is -2.46. The number of nitrogens with zero attached hydrogens (tertiary/aromatic N) is 5. The van der Waals surface area contributed by atoms with Crippen LogP contribution in [0.5, 0.6) is 0 Å². The molecule has 8 nitrogen and oxygen atoms in total. The third kappa shape index (κ3) is 5.56. The maximum absolute atomic E-state index is 15.1. The fraction of sp³-hybridized carbons (Fsp3) is 0.464. The molecule has 0 amide bonds. The van der Waals surface area contributed by atoms with Crippen LogP contribution in [0.3, 0.4) is 0 Å². The van der Waals surface area contributed by atoms with Crippen molar-refractivity contribution < 1.29 is 8.78 Å². The van der Waals surface area contributed by atoms with Crippen molar-refractivity contribution in [2.24, 2.45) is 5.73 Å². The quantitative estimate of drug-likeness (QED) is 0.415. The van der Waals surface area contributed by atoms with Crippen molar-refractivity contribution in [3.8, 4) is 11.3 Å². The molecular formula is C28H38F2N8. The van der Waals surface area contributed by atoms with Crippen molar-refractivity contribution in [3.63, 3.8) is 0 Å². The molecule has 3 aromatic rings. The molecule has 1 unspecified atom stereocenters. The minimum Gasteiger partial charge on any atom is -0.361 e. The van der Waals surface area contributed by atoms with Crippen LogP contribution >= 0.6 is 0 Å². The van der Waals surface area contributed by atoms with E-state index in [0.29, 0.717) is 29.3 Å². The largest absolute Gasteiger partial charge is 0.361 e. The van der Waals surface area contributed by atoms with Gasteiger partial charge in [0.2, 0.25) is 5.95 Å². The Bertz CT molecular complexity index is 1290. The first-order chi connectivity index (χ1) is 18.1. The van der Waals surface area contributed by atoms with Crippen LogP contribution in [0, 0.1) is 11.6 Å². The van der Waals surface area contributed by atoms with E-state index in [2.05, 4.69) is 51.2 Å². The highest BCUT2D eigenvalue weighted by molar-refractivity contribution is 5.82. The third-order valence-electron chi connectivity index (χ3n) is 6.62. The number of nitrogens with one attached hydrogen (secondary N) is 2. The van der Waals surface area contributed by atoms with Crippen molar-refractivity contribution in [2.75, 3.05) is 35.2 Å². The van der Waals surface area contributed by atoms with Crippen LogP contribution in [0.1, 0.15) is 52.8 Å². The number of hydrogen-bond acceptors (Lipinski definition) is 8. The number of aromatic nitrogens is 3. The Labute approximate surface area is 223 Å². The molecule has 0 radical (unpaired) electrons. The van der Waals surface area contributed by atoms with Gasteiger partial charge in [0, 0.05) is 49.4 Å². The maximum Gasteiger partial charge on any atom is 0.229 e. The molecule has 5 rings (SSSR count). The van der Waals surface area contributed by atoms with E-state index in [1.54, 1.807) is 6.07 Å². The summed E-state index contributed by atoms with van der Waals surface area (Å²) in [4.78, 5) is 17.6. The molecule has 2 aliphatic rings. The lowest BCUT2D eigenvalue weighted by Gasteiger charge is -2.37. The summed E-state index contributed by atoms with van der Waals surface area (Å²) in [5.41, 5.74) is 9.07. The second kappa shape index (κ2) is 11.2. The van der Waals surface area contributed by atoms with Gasteiger partial charge < -0.3 is 21.3 Å². The van der Waals surface area contributed by atoms with Crippen LogP contribution in [0.4, 0.5) is 31.9 Å². The fourth-order valence-corrected chi connectivity index (χ4v) is 5.15. The molecule has 2 aromatic heterocycles. The van der Waals surface area contributed by atoms with Gasteiger partial charge in [-0.05, 0) is 51.5 Å². The summed E-state index contributed by atoms with van der Waals surface area (Å²) in [6.07, 6.45) is 1.82. The highest BCUT2D eigenvalue weighted by atomic mass is 19.1. The van der Waals surface area contributed by atoms with Crippen LogP contribution in [0.25, 0.3) is 11.3 Å². The van der Waals surface area contributed by atoms with Gasteiger partial charge in [0.1, 0.15) is 17.3 Å². The monoisotopic (exact) mass is 524 g/mol. The molecule has 2 aliphatic heterocycles. The Balaban J connectivity index is 0.00000164. The number of fused-ring (bicyclic) bond motifs is 2. The van der Waals surface area contributed by atoms with Crippen molar-refractivity contribution in [2.45, 2.75) is 66.2 Å². The number of hydrogen-bond donors (Lipinski definition) is 3. The van der Waals surface area contributed by atoms with Gasteiger partial charge in [-0.3, -0.25) is 4.90 Å². The molecule has 0 bridgehead atoms. The van der Waals surface area contributed by atoms with Gasteiger partial charge in [-0.15, -0.1) is 0 Å².